The molecule has 2 aliphatic carbocycles. The zero-order chi connectivity index (χ0) is 20.7. The van der Waals surface area contributed by atoms with Crippen LogP contribution in [0, 0.1) is 11.3 Å². The maximum Gasteiger partial charge on any atom is 0.235 e. The third-order valence-electron chi connectivity index (χ3n) is 5.69. The molecule has 5 rings (SSSR count). The van der Waals surface area contributed by atoms with E-state index in [0.29, 0.717) is 21.5 Å². The maximum absolute atomic E-state index is 12.6. The Kier molecular flexibility index (Phi) is 5.39. The number of thioether (sulfide) groups is 1. The largest absolute Gasteiger partial charge is 0.383 e. The number of carbonyl (C=O) groups is 1. The van der Waals surface area contributed by atoms with Crippen molar-refractivity contribution in [3.05, 3.63) is 26.4 Å². The molecule has 0 unspecified atom stereocenters. The van der Waals surface area contributed by atoms with E-state index in [-0.39, 0.29) is 11.7 Å². The molecule has 0 saturated carbocycles. The average molecular weight is 456 g/mol. The summed E-state index contributed by atoms with van der Waals surface area (Å²) >= 11 is 4.53. The smallest absolute Gasteiger partial charge is 0.235 e. The lowest BCUT2D eigenvalue weighted by atomic mass is 9.96. The lowest BCUT2D eigenvalue weighted by Crippen LogP contribution is -2.14. The summed E-state index contributed by atoms with van der Waals surface area (Å²) in [5.41, 5.74) is 9.34. The minimum absolute atomic E-state index is 0.150. The Hall–Kier alpha value is -2.15. The molecular weight excluding hydrogens is 434 g/mol. The standard InChI is InChI=1S/C21H21N5OS3/c22-9-13-11-5-1-3-7-14(11)29-19(13)24-16(27)10-28-21-25-18(23)17-12-6-2-4-8-15(12)30-20(17)26-21/h1-8,10H2,(H,24,27)(H2,23,25,26). The van der Waals surface area contributed by atoms with Crippen LogP contribution in [-0.4, -0.2) is 21.6 Å². The number of anilines is 2. The number of nitrogens with zero attached hydrogens (tertiary/aromatic N) is 3. The summed E-state index contributed by atoms with van der Waals surface area (Å²) in [5.74, 6) is 0.548. The highest BCUT2D eigenvalue weighted by molar-refractivity contribution is 7.99. The molecule has 0 spiro atoms. The number of amides is 1. The van der Waals surface area contributed by atoms with Crippen LogP contribution in [-0.2, 0) is 30.5 Å². The van der Waals surface area contributed by atoms with Crippen LogP contribution >= 0.6 is 34.4 Å². The minimum Gasteiger partial charge on any atom is -0.383 e. The molecule has 30 heavy (non-hydrogen) atoms. The van der Waals surface area contributed by atoms with Gasteiger partial charge in [0.1, 0.15) is 21.7 Å². The Balaban J connectivity index is 1.31. The maximum atomic E-state index is 12.6. The van der Waals surface area contributed by atoms with Crippen LogP contribution in [0.5, 0.6) is 0 Å². The van der Waals surface area contributed by atoms with E-state index < -0.39 is 0 Å². The van der Waals surface area contributed by atoms with Crippen molar-refractivity contribution in [2.45, 2.75) is 56.5 Å². The number of aryl methyl sites for hydroxylation is 3. The first kappa shape index (κ1) is 19.8. The van der Waals surface area contributed by atoms with Crippen LogP contribution in [0.1, 0.15) is 52.1 Å². The SMILES string of the molecule is N#Cc1c(NC(=O)CSc2nc(N)c3c4c(sc3n2)CCCC4)sc2c1CCCC2. The molecule has 0 radical (unpaired) electrons. The van der Waals surface area contributed by atoms with Crippen molar-refractivity contribution in [2.75, 3.05) is 16.8 Å². The van der Waals surface area contributed by atoms with Crippen molar-refractivity contribution in [1.82, 2.24) is 9.97 Å². The predicted octanol–water partition coefficient (Wildman–Crippen LogP) is 4.70. The summed E-state index contributed by atoms with van der Waals surface area (Å²) in [6.45, 7) is 0. The van der Waals surface area contributed by atoms with Gasteiger partial charge in [0.05, 0.1) is 16.7 Å². The molecule has 0 atom stereocenters. The Morgan fingerprint density at radius 2 is 1.77 bits per heavy atom. The molecule has 0 fully saturated rings. The highest BCUT2D eigenvalue weighted by Gasteiger charge is 2.23. The van der Waals surface area contributed by atoms with E-state index in [9.17, 15) is 10.1 Å². The van der Waals surface area contributed by atoms with Crippen molar-refractivity contribution in [2.24, 2.45) is 0 Å². The zero-order valence-corrected chi connectivity index (χ0v) is 18.9. The number of carbonyl (C=O) groups excluding carboxylic acids is 1. The molecule has 3 aromatic heterocycles. The van der Waals surface area contributed by atoms with Gasteiger partial charge in [0.15, 0.2) is 5.16 Å². The Morgan fingerprint density at radius 1 is 1.07 bits per heavy atom. The van der Waals surface area contributed by atoms with Crippen LogP contribution in [0.4, 0.5) is 10.8 Å². The van der Waals surface area contributed by atoms with Crippen LogP contribution in [0.3, 0.4) is 0 Å². The first-order valence-electron chi connectivity index (χ1n) is 10.2. The summed E-state index contributed by atoms with van der Waals surface area (Å²) in [5, 5.41) is 14.7. The van der Waals surface area contributed by atoms with Gasteiger partial charge in [-0.05, 0) is 62.5 Å². The summed E-state index contributed by atoms with van der Waals surface area (Å²) < 4.78 is 0. The number of nitrogen functional groups attached to an aromatic ring is 1. The van der Waals surface area contributed by atoms with Gasteiger partial charge in [-0.25, -0.2) is 9.97 Å². The first-order chi connectivity index (χ1) is 14.6. The van der Waals surface area contributed by atoms with E-state index in [1.807, 2.05) is 0 Å². The van der Waals surface area contributed by atoms with Gasteiger partial charge in [0.2, 0.25) is 5.91 Å². The third kappa shape index (κ3) is 3.57. The van der Waals surface area contributed by atoms with Crippen LogP contribution in [0.2, 0.25) is 0 Å². The number of nitrogens with one attached hydrogen (secondary N) is 1. The summed E-state index contributed by atoms with van der Waals surface area (Å²) in [6, 6.07) is 2.28. The molecule has 2 aliphatic rings. The van der Waals surface area contributed by atoms with E-state index in [1.54, 1.807) is 22.7 Å². The minimum atomic E-state index is -0.150. The van der Waals surface area contributed by atoms with E-state index in [0.717, 1.165) is 54.3 Å². The summed E-state index contributed by atoms with van der Waals surface area (Å²) in [4.78, 5) is 25.2. The van der Waals surface area contributed by atoms with Crippen molar-refractivity contribution >= 4 is 61.4 Å². The fraction of sp³-hybridized carbons (Fsp3) is 0.429. The van der Waals surface area contributed by atoms with Gasteiger partial charge in [-0.2, -0.15) is 5.26 Å². The number of fused-ring (bicyclic) bond motifs is 4. The second-order valence-electron chi connectivity index (χ2n) is 7.65. The Morgan fingerprint density at radius 3 is 2.53 bits per heavy atom. The lowest BCUT2D eigenvalue weighted by molar-refractivity contribution is -0.113. The molecule has 6 nitrogen and oxygen atoms in total. The van der Waals surface area contributed by atoms with Gasteiger partial charge in [0.25, 0.3) is 0 Å². The number of thiophene rings is 2. The van der Waals surface area contributed by atoms with Crippen LogP contribution in [0.15, 0.2) is 5.16 Å². The van der Waals surface area contributed by atoms with Gasteiger partial charge in [-0.3, -0.25) is 4.79 Å². The Labute approximate surface area is 186 Å². The van der Waals surface area contributed by atoms with Gasteiger partial charge in [-0.1, -0.05) is 11.8 Å². The van der Waals surface area contributed by atoms with Crippen molar-refractivity contribution in [3.63, 3.8) is 0 Å². The molecule has 154 valence electrons. The monoisotopic (exact) mass is 455 g/mol. The van der Waals surface area contributed by atoms with Crippen molar-refractivity contribution in [3.8, 4) is 6.07 Å². The van der Waals surface area contributed by atoms with E-state index in [2.05, 4.69) is 21.4 Å². The predicted molar refractivity (Wildman–Crippen MR) is 123 cm³/mol. The molecular formula is C21H21N5OS3. The van der Waals surface area contributed by atoms with Crippen molar-refractivity contribution < 1.29 is 4.79 Å². The van der Waals surface area contributed by atoms with Gasteiger partial charge in [-0.15, -0.1) is 22.7 Å². The number of nitriles is 1. The normalized spacial score (nSPS) is 15.4. The highest BCUT2D eigenvalue weighted by atomic mass is 32.2. The van der Waals surface area contributed by atoms with Gasteiger partial charge < -0.3 is 11.1 Å². The van der Waals surface area contributed by atoms with E-state index in [4.69, 9.17) is 5.73 Å². The molecule has 3 aromatic rings. The van der Waals surface area contributed by atoms with Crippen LogP contribution < -0.4 is 11.1 Å². The average Bonchev–Trinajstić information content (AvgIpc) is 3.29. The Bertz CT molecular complexity index is 1190. The molecule has 0 saturated heterocycles. The quantitative estimate of drug-likeness (QED) is 0.437. The number of rotatable bonds is 4. The molecule has 3 heterocycles. The third-order valence-corrected chi connectivity index (χ3v) is 8.93. The van der Waals surface area contributed by atoms with Gasteiger partial charge in [0, 0.05) is 9.75 Å². The second kappa shape index (κ2) is 8.17. The molecule has 9 heteroatoms. The van der Waals surface area contributed by atoms with Gasteiger partial charge >= 0.3 is 0 Å². The molecule has 3 N–H and O–H groups in total. The summed E-state index contributed by atoms with van der Waals surface area (Å²) in [6.07, 6.45) is 8.71. The lowest BCUT2D eigenvalue weighted by Gasteiger charge is -2.10. The highest BCUT2D eigenvalue weighted by Crippen LogP contribution is 2.39. The first-order valence-corrected chi connectivity index (χ1v) is 12.8. The fourth-order valence-corrected chi connectivity index (χ4v) is 7.53. The fourth-order valence-electron chi connectivity index (χ4n) is 4.29. The van der Waals surface area contributed by atoms with E-state index in [1.165, 1.54) is 39.9 Å². The molecule has 0 aromatic carbocycles. The molecule has 1 amide bonds. The molecule has 0 aliphatic heterocycles. The number of hydrogen-bond acceptors (Lipinski definition) is 8. The number of nitrogens with two attached hydrogens (primary N) is 1. The summed E-state index contributed by atoms with van der Waals surface area (Å²) in [7, 11) is 0. The molecule has 0 bridgehead atoms. The van der Waals surface area contributed by atoms with Crippen LogP contribution in [0.25, 0.3) is 10.2 Å². The van der Waals surface area contributed by atoms with E-state index >= 15 is 0 Å². The topological polar surface area (TPSA) is 105 Å². The second-order valence-corrected chi connectivity index (χ2v) is 10.8. The number of aromatic nitrogens is 2. The number of hydrogen-bond donors (Lipinski definition) is 2. The van der Waals surface area contributed by atoms with Crippen molar-refractivity contribution in [1.29, 1.82) is 5.26 Å². The zero-order valence-electron chi connectivity index (χ0n) is 16.4.